The maximum Gasteiger partial charge on any atom is 0.0845 e. The van der Waals surface area contributed by atoms with Crippen molar-refractivity contribution in [3.63, 3.8) is 0 Å². The Balaban J connectivity index is 2.93. The van der Waals surface area contributed by atoms with E-state index in [1.807, 2.05) is 11.4 Å². The fraction of sp³-hybridized carbons (Fsp3) is 0. The Hall–Kier alpha value is -0.800. The molecule has 2 N–H and O–H groups in total. The topological polar surface area (TPSA) is 38.9 Å². The van der Waals surface area contributed by atoms with E-state index in [-0.39, 0.29) is 0 Å². The van der Waals surface area contributed by atoms with Crippen molar-refractivity contribution in [1.82, 2.24) is 4.98 Å². The van der Waals surface area contributed by atoms with Crippen LogP contribution in [0.5, 0.6) is 0 Å². The molecular weight excluding hydrogens is 180 g/mol. The van der Waals surface area contributed by atoms with Crippen molar-refractivity contribution in [3.05, 3.63) is 22.7 Å². The highest BCUT2D eigenvalue weighted by molar-refractivity contribution is 7.17. The Labute approximate surface area is 72.6 Å². The summed E-state index contributed by atoms with van der Waals surface area (Å²) in [5, 5.41) is 2.56. The van der Waals surface area contributed by atoms with Gasteiger partial charge in [-0.05, 0) is 11.4 Å². The molecule has 0 saturated carbocycles. The van der Waals surface area contributed by atoms with Gasteiger partial charge in [0, 0.05) is 0 Å². The van der Waals surface area contributed by atoms with Gasteiger partial charge in [-0.2, -0.15) is 0 Å². The Bertz CT molecular complexity index is 396. The molecule has 11 heavy (non-hydrogen) atoms. The van der Waals surface area contributed by atoms with E-state index in [9.17, 15) is 0 Å². The first-order valence-corrected chi connectivity index (χ1v) is 4.32. The smallest absolute Gasteiger partial charge is 0.0845 e. The second kappa shape index (κ2) is 2.36. The zero-order chi connectivity index (χ0) is 7.84. The van der Waals surface area contributed by atoms with Crippen molar-refractivity contribution in [2.45, 2.75) is 0 Å². The molecule has 0 radical (unpaired) electrons. The number of rotatable bonds is 0. The van der Waals surface area contributed by atoms with Gasteiger partial charge < -0.3 is 5.73 Å². The maximum absolute atomic E-state index is 5.91. The van der Waals surface area contributed by atoms with Gasteiger partial charge in [0.15, 0.2) is 0 Å². The van der Waals surface area contributed by atoms with Crippen LogP contribution in [0.25, 0.3) is 10.2 Å². The molecule has 0 fully saturated rings. The number of anilines is 1. The molecule has 0 aliphatic carbocycles. The summed E-state index contributed by atoms with van der Waals surface area (Å²) < 4.78 is 0.965. The number of nitrogens with two attached hydrogens (primary N) is 1. The second-order valence-corrected chi connectivity index (χ2v) is 3.46. The zero-order valence-electron chi connectivity index (χ0n) is 5.54. The number of fused-ring (bicyclic) bond motifs is 1. The molecule has 0 aliphatic heterocycles. The van der Waals surface area contributed by atoms with Gasteiger partial charge in [-0.3, -0.25) is 4.98 Å². The van der Waals surface area contributed by atoms with Crippen LogP contribution in [0.2, 0.25) is 5.02 Å². The first-order chi connectivity index (χ1) is 5.29. The van der Waals surface area contributed by atoms with Crippen molar-refractivity contribution < 1.29 is 0 Å². The molecule has 0 atom stereocenters. The fourth-order valence-corrected chi connectivity index (χ4v) is 1.97. The molecule has 0 bridgehead atoms. The van der Waals surface area contributed by atoms with Crippen LogP contribution in [-0.2, 0) is 0 Å². The molecule has 2 aromatic heterocycles. The van der Waals surface area contributed by atoms with Crippen molar-refractivity contribution in [2.75, 3.05) is 5.73 Å². The van der Waals surface area contributed by atoms with Gasteiger partial charge in [0.25, 0.3) is 0 Å². The Morgan fingerprint density at radius 2 is 2.36 bits per heavy atom. The van der Waals surface area contributed by atoms with Crippen molar-refractivity contribution in [1.29, 1.82) is 0 Å². The molecule has 0 unspecified atom stereocenters. The highest BCUT2D eigenvalue weighted by Gasteiger charge is 2.03. The average molecular weight is 185 g/mol. The summed E-state index contributed by atoms with van der Waals surface area (Å²) in [7, 11) is 0. The quantitative estimate of drug-likeness (QED) is 0.684. The van der Waals surface area contributed by atoms with Gasteiger partial charge >= 0.3 is 0 Å². The van der Waals surface area contributed by atoms with E-state index >= 15 is 0 Å². The molecule has 0 amide bonds. The molecule has 0 spiro atoms. The molecule has 2 aromatic rings. The first-order valence-electron chi connectivity index (χ1n) is 3.06. The lowest BCUT2D eigenvalue weighted by atomic mass is 10.4. The summed E-state index contributed by atoms with van der Waals surface area (Å²) in [6.45, 7) is 0. The Morgan fingerprint density at radius 1 is 1.55 bits per heavy atom. The number of thiophene rings is 1. The number of hydrogen-bond acceptors (Lipinski definition) is 3. The lowest BCUT2D eigenvalue weighted by Gasteiger charge is -1.96. The third-order valence-electron chi connectivity index (χ3n) is 1.44. The predicted octanol–water partition coefficient (Wildman–Crippen LogP) is 2.53. The van der Waals surface area contributed by atoms with Crippen molar-refractivity contribution in [2.24, 2.45) is 0 Å². The van der Waals surface area contributed by atoms with Gasteiger partial charge in [-0.15, -0.1) is 11.3 Å². The van der Waals surface area contributed by atoms with Crippen LogP contribution < -0.4 is 5.73 Å². The summed E-state index contributed by atoms with van der Waals surface area (Å²) in [4.78, 5) is 4.10. The Morgan fingerprint density at radius 3 is 3.18 bits per heavy atom. The molecule has 0 aromatic carbocycles. The maximum atomic E-state index is 5.91. The highest BCUT2D eigenvalue weighted by atomic mass is 35.5. The lowest BCUT2D eigenvalue weighted by molar-refractivity contribution is 1.43. The average Bonchev–Trinajstić information content (AvgIpc) is 2.45. The minimum atomic E-state index is 0.543. The predicted molar refractivity (Wildman–Crippen MR) is 49.0 cm³/mol. The molecule has 2 nitrogen and oxygen atoms in total. The standard InChI is InChI=1S/C7H5ClN2S/c8-6-4(9)3-10-5-1-2-11-7(5)6/h1-3H,9H2. The van der Waals surface area contributed by atoms with Gasteiger partial charge in [0.1, 0.15) is 0 Å². The molecule has 2 heterocycles. The van der Waals surface area contributed by atoms with E-state index in [0.717, 1.165) is 10.2 Å². The number of halogens is 1. The van der Waals surface area contributed by atoms with Crippen LogP contribution in [-0.4, -0.2) is 4.98 Å². The summed E-state index contributed by atoms with van der Waals surface area (Å²) in [6, 6.07) is 1.92. The van der Waals surface area contributed by atoms with Crippen LogP contribution >= 0.6 is 22.9 Å². The summed E-state index contributed by atoms with van der Waals surface area (Å²) in [6.07, 6.45) is 1.58. The van der Waals surface area contributed by atoms with Crippen LogP contribution in [0, 0.1) is 0 Å². The number of aromatic nitrogens is 1. The largest absolute Gasteiger partial charge is 0.396 e. The van der Waals surface area contributed by atoms with Crippen LogP contribution in [0.3, 0.4) is 0 Å². The van der Waals surface area contributed by atoms with Gasteiger partial charge in [0.2, 0.25) is 0 Å². The van der Waals surface area contributed by atoms with E-state index < -0.39 is 0 Å². The minimum Gasteiger partial charge on any atom is -0.396 e. The molecule has 0 saturated heterocycles. The molecule has 56 valence electrons. The number of pyridine rings is 1. The zero-order valence-corrected chi connectivity index (χ0v) is 7.12. The molecule has 4 heteroatoms. The minimum absolute atomic E-state index is 0.543. The van der Waals surface area contributed by atoms with Gasteiger partial charge in [-0.25, -0.2) is 0 Å². The SMILES string of the molecule is Nc1cnc2ccsc2c1Cl. The third-order valence-corrected chi connectivity index (χ3v) is 2.88. The molecule has 2 rings (SSSR count). The molecular formula is C7H5ClN2S. The first kappa shape index (κ1) is 6.88. The normalized spacial score (nSPS) is 10.6. The fourth-order valence-electron chi connectivity index (χ4n) is 0.895. The lowest BCUT2D eigenvalue weighted by Crippen LogP contribution is -1.86. The second-order valence-electron chi connectivity index (χ2n) is 2.16. The van der Waals surface area contributed by atoms with Crippen LogP contribution in [0.15, 0.2) is 17.6 Å². The summed E-state index contributed by atoms with van der Waals surface area (Å²) in [5.41, 5.74) is 7.01. The monoisotopic (exact) mass is 184 g/mol. The van der Waals surface area contributed by atoms with Gasteiger partial charge in [0.05, 0.1) is 27.1 Å². The summed E-state index contributed by atoms with van der Waals surface area (Å²) >= 11 is 7.47. The van der Waals surface area contributed by atoms with E-state index in [4.69, 9.17) is 17.3 Å². The number of nitrogen functional groups attached to an aromatic ring is 1. The van der Waals surface area contributed by atoms with Crippen LogP contribution in [0.4, 0.5) is 5.69 Å². The molecule has 0 aliphatic rings. The summed E-state index contributed by atoms with van der Waals surface area (Å²) in [5.74, 6) is 0. The third kappa shape index (κ3) is 0.968. The number of nitrogens with zero attached hydrogens (tertiary/aromatic N) is 1. The van der Waals surface area contributed by atoms with E-state index in [1.165, 1.54) is 0 Å². The van der Waals surface area contributed by atoms with Crippen LogP contribution in [0.1, 0.15) is 0 Å². The Kier molecular flexibility index (Phi) is 1.47. The van der Waals surface area contributed by atoms with Crippen molar-refractivity contribution >= 4 is 38.8 Å². The van der Waals surface area contributed by atoms with E-state index in [0.29, 0.717) is 10.7 Å². The van der Waals surface area contributed by atoms with E-state index in [2.05, 4.69) is 4.98 Å². The van der Waals surface area contributed by atoms with Gasteiger partial charge in [-0.1, -0.05) is 11.6 Å². The highest BCUT2D eigenvalue weighted by Crippen LogP contribution is 2.30. The van der Waals surface area contributed by atoms with E-state index in [1.54, 1.807) is 17.5 Å². The van der Waals surface area contributed by atoms with Crippen molar-refractivity contribution in [3.8, 4) is 0 Å². The number of hydrogen-bond donors (Lipinski definition) is 1.